The van der Waals surface area contributed by atoms with Crippen molar-refractivity contribution in [3.63, 3.8) is 0 Å². The lowest BCUT2D eigenvalue weighted by Crippen LogP contribution is -2.27. The lowest BCUT2D eigenvalue weighted by atomic mass is 10.1. The molecule has 16 heavy (non-hydrogen) atoms. The van der Waals surface area contributed by atoms with Crippen LogP contribution in [-0.4, -0.2) is 34.9 Å². The van der Waals surface area contributed by atoms with E-state index >= 15 is 0 Å². The molecule has 0 unspecified atom stereocenters. The van der Waals surface area contributed by atoms with E-state index in [1.54, 1.807) is 12.4 Å². The van der Waals surface area contributed by atoms with Gasteiger partial charge in [-0.25, -0.2) is 0 Å². The Morgan fingerprint density at radius 3 is 3.06 bits per heavy atom. The van der Waals surface area contributed by atoms with E-state index in [1.165, 1.54) is 4.68 Å². The molecule has 1 saturated heterocycles. The van der Waals surface area contributed by atoms with E-state index in [-0.39, 0.29) is 12.5 Å². The van der Waals surface area contributed by atoms with Gasteiger partial charge in [-0.05, 0) is 12.8 Å². The molecule has 1 aliphatic rings. The minimum Gasteiger partial charge on any atom is -0.381 e. The Balaban J connectivity index is 1.88. The molecule has 1 amide bonds. The van der Waals surface area contributed by atoms with E-state index in [9.17, 15) is 4.79 Å². The maximum Gasteiger partial charge on any atom is 0.239 e. The Hall–Kier alpha value is -1.56. The molecule has 6 nitrogen and oxygen atoms in total. The van der Waals surface area contributed by atoms with Crippen molar-refractivity contribution in [1.29, 1.82) is 0 Å². The highest BCUT2D eigenvalue weighted by Crippen LogP contribution is 2.14. The molecule has 0 aromatic carbocycles. The minimum atomic E-state index is -0.388. The van der Waals surface area contributed by atoms with E-state index < -0.39 is 0 Å². The average molecular weight is 224 g/mol. The lowest BCUT2D eigenvalue weighted by molar-refractivity contribution is -0.118. The smallest absolute Gasteiger partial charge is 0.239 e. The summed E-state index contributed by atoms with van der Waals surface area (Å²) in [7, 11) is 0. The van der Waals surface area contributed by atoms with Crippen LogP contribution in [0.3, 0.4) is 0 Å². The van der Waals surface area contributed by atoms with Crippen LogP contribution in [0.2, 0.25) is 0 Å². The van der Waals surface area contributed by atoms with Crippen LogP contribution < -0.4 is 11.1 Å². The number of rotatable bonds is 4. The Bertz CT molecular complexity index is 357. The Labute approximate surface area is 93.8 Å². The van der Waals surface area contributed by atoms with Crippen LogP contribution in [0, 0.1) is 0 Å². The zero-order valence-corrected chi connectivity index (χ0v) is 9.06. The largest absolute Gasteiger partial charge is 0.381 e. The molecule has 2 rings (SSSR count). The lowest BCUT2D eigenvalue weighted by Gasteiger charge is -2.23. The molecule has 1 fully saturated rings. The average Bonchev–Trinajstić information content (AvgIpc) is 2.66. The summed E-state index contributed by atoms with van der Waals surface area (Å²) in [6.07, 6.45) is 5.50. The van der Waals surface area contributed by atoms with Gasteiger partial charge < -0.3 is 15.8 Å². The summed E-state index contributed by atoms with van der Waals surface area (Å²) < 4.78 is 6.80. The molecule has 2 heterocycles. The summed E-state index contributed by atoms with van der Waals surface area (Å²) in [6.45, 7) is 1.72. The van der Waals surface area contributed by atoms with Gasteiger partial charge in [0, 0.05) is 25.5 Å². The fourth-order valence-electron chi connectivity index (χ4n) is 1.76. The Morgan fingerprint density at radius 2 is 2.38 bits per heavy atom. The van der Waals surface area contributed by atoms with Crippen LogP contribution >= 0.6 is 0 Å². The first-order valence-corrected chi connectivity index (χ1v) is 5.39. The van der Waals surface area contributed by atoms with Crippen molar-refractivity contribution in [3.8, 4) is 0 Å². The third-order valence-electron chi connectivity index (χ3n) is 2.54. The van der Waals surface area contributed by atoms with Crippen molar-refractivity contribution in [2.24, 2.45) is 5.73 Å². The summed E-state index contributed by atoms with van der Waals surface area (Å²) in [4.78, 5) is 10.7. The van der Waals surface area contributed by atoms with Crippen LogP contribution in [0.25, 0.3) is 0 Å². The summed E-state index contributed by atoms with van der Waals surface area (Å²) in [6, 6.07) is 0.431. The minimum absolute atomic E-state index is 0.120. The van der Waals surface area contributed by atoms with Crippen LogP contribution in [0.15, 0.2) is 12.4 Å². The number of nitrogens with one attached hydrogen (secondary N) is 1. The number of aromatic nitrogens is 2. The second-order valence-electron chi connectivity index (χ2n) is 3.92. The number of primary amides is 1. The first-order chi connectivity index (χ1) is 7.74. The van der Waals surface area contributed by atoms with E-state index in [0.717, 1.165) is 31.7 Å². The zero-order chi connectivity index (χ0) is 11.4. The molecule has 0 bridgehead atoms. The van der Waals surface area contributed by atoms with E-state index in [2.05, 4.69) is 10.4 Å². The fourth-order valence-corrected chi connectivity index (χ4v) is 1.76. The topological polar surface area (TPSA) is 82.2 Å². The predicted molar refractivity (Wildman–Crippen MR) is 58.9 cm³/mol. The quantitative estimate of drug-likeness (QED) is 0.751. The van der Waals surface area contributed by atoms with Gasteiger partial charge in [0.2, 0.25) is 5.91 Å². The normalized spacial score (nSPS) is 17.2. The molecule has 1 aromatic rings. The number of nitrogens with two attached hydrogens (primary N) is 1. The van der Waals surface area contributed by atoms with Gasteiger partial charge in [0.05, 0.1) is 11.9 Å². The number of carbonyl (C=O) groups excluding carboxylic acids is 1. The number of anilines is 1. The number of ether oxygens (including phenoxy) is 1. The fraction of sp³-hybridized carbons (Fsp3) is 0.600. The Kier molecular flexibility index (Phi) is 3.40. The second kappa shape index (κ2) is 4.98. The number of nitrogens with zero attached hydrogens (tertiary/aromatic N) is 2. The molecule has 1 aliphatic heterocycles. The summed E-state index contributed by atoms with van der Waals surface area (Å²) in [5.74, 6) is -0.388. The third-order valence-corrected chi connectivity index (χ3v) is 2.54. The molecule has 0 atom stereocenters. The molecule has 0 radical (unpaired) electrons. The number of carbonyl (C=O) groups is 1. The molecule has 0 aliphatic carbocycles. The van der Waals surface area contributed by atoms with Crippen molar-refractivity contribution in [2.45, 2.75) is 25.4 Å². The molecule has 1 aromatic heterocycles. The summed E-state index contributed by atoms with van der Waals surface area (Å²) in [5.41, 5.74) is 6.01. The maximum atomic E-state index is 10.7. The number of amides is 1. The molecule has 0 spiro atoms. The predicted octanol–water partition coefficient (Wildman–Crippen LogP) is -0.0407. The van der Waals surface area contributed by atoms with Crippen molar-refractivity contribution >= 4 is 11.6 Å². The third kappa shape index (κ3) is 2.96. The summed E-state index contributed by atoms with van der Waals surface area (Å²) in [5, 5.41) is 7.40. The molecular weight excluding hydrogens is 208 g/mol. The van der Waals surface area contributed by atoms with Gasteiger partial charge in [0.25, 0.3) is 0 Å². The highest BCUT2D eigenvalue weighted by atomic mass is 16.5. The van der Waals surface area contributed by atoms with Gasteiger partial charge in [-0.2, -0.15) is 5.10 Å². The maximum absolute atomic E-state index is 10.7. The van der Waals surface area contributed by atoms with Crippen LogP contribution in [-0.2, 0) is 16.1 Å². The molecule has 0 saturated carbocycles. The highest BCUT2D eigenvalue weighted by Gasteiger charge is 2.13. The van der Waals surface area contributed by atoms with Crippen molar-refractivity contribution in [3.05, 3.63) is 12.4 Å². The first-order valence-electron chi connectivity index (χ1n) is 5.39. The van der Waals surface area contributed by atoms with Crippen LogP contribution in [0.5, 0.6) is 0 Å². The first kappa shape index (κ1) is 10.9. The van der Waals surface area contributed by atoms with Crippen molar-refractivity contribution < 1.29 is 9.53 Å². The standard InChI is InChI=1S/C10H16N4O2/c11-10(15)7-14-6-9(5-12-14)13-8-1-3-16-4-2-8/h5-6,8,13H,1-4,7H2,(H2,11,15). The summed E-state index contributed by atoms with van der Waals surface area (Å²) >= 11 is 0. The van der Waals surface area contributed by atoms with Crippen LogP contribution in [0.4, 0.5) is 5.69 Å². The van der Waals surface area contributed by atoms with Gasteiger partial charge in [0.1, 0.15) is 6.54 Å². The van der Waals surface area contributed by atoms with Crippen molar-refractivity contribution in [1.82, 2.24) is 9.78 Å². The van der Waals surface area contributed by atoms with E-state index in [0.29, 0.717) is 6.04 Å². The van der Waals surface area contributed by atoms with Gasteiger partial charge in [0.15, 0.2) is 0 Å². The molecular formula is C10H16N4O2. The SMILES string of the molecule is NC(=O)Cn1cc(NC2CCOCC2)cn1. The van der Waals surface area contributed by atoms with Gasteiger partial charge in [-0.3, -0.25) is 9.48 Å². The van der Waals surface area contributed by atoms with Crippen LogP contribution in [0.1, 0.15) is 12.8 Å². The zero-order valence-electron chi connectivity index (χ0n) is 9.06. The monoisotopic (exact) mass is 224 g/mol. The van der Waals surface area contributed by atoms with Gasteiger partial charge in [-0.1, -0.05) is 0 Å². The number of hydrogen-bond acceptors (Lipinski definition) is 4. The van der Waals surface area contributed by atoms with E-state index in [1.807, 2.05) is 0 Å². The number of hydrogen-bond donors (Lipinski definition) is 2. The molecule has 6 heteroatoms. The Morgan fingerprint density at radius 1 is 1.62 bits per heavy atom. The van der Waals surface area contributed by atoms with E-state index in [4.69, 9.17) is 10.5 Å². The van der Waals surface area contributed by atoms with Gasteiger partial charge >= 0.3 is 0 Å². The second-order valence-corrected chi connectivity index (χ2v) is 3.92. The highest BCUT2D eigenvalue weighted by molar-refractivity contribution is 5.73. The van der Waals surface area contributed by atoms with Crippen molar-refractivity contribution in [2.75, 3.05) is 18.5 Å². The molecule has 88 valence electrons. The van der Waals surface area contributed by atoms with Gasteiger partial charge in [-0.15, -0.1) is 0 Å². The molecule has 3 N–H and O–H groups in total.